The molecule has 1 rings (SSSR count). The van der Waals surface area contributed by atoms with Crippen molar-refractivity contribution in [1.29, 1.82) is 0 Å². The number of hydrogen-bond donors (Lipinski definition) is 1. The Balaban J connectivity index is 2.78. The summed E-state index contributed by atoms with van der Waals surface area (Å²) in [5.74, 6) is -0.974. The van der Waals surface area contributed by atoms with E-state index in [-0.39, 0.29) is 11.5 Å². The normalized spacial score (nSPS) is 28.7. The van der Waals surface area contributed by atoms with Crippen molar-refractivity contribution in [1.82, 2.24) is 0 Å². The lowest BCUT2D eigenvalue weighted by Crippen LogP contribution is -2.41. The first-order valence-corrected chi connectivity index (χ1v) is 5.85. The summed E-state index contributed by atoms with van der Waals surface area (Å²) in [7, 11) is 0. The van der Waals surface area contributed by atoms with E-state index in [0.717, 1.165) is 0 Å². The quantitative estimate of drug-likeness (QED) is 0.631. The highest BCUT2D eigenvalue weighted by Crippen LogP contribution is 2.44. The Kier molecular flexibility index (Phi) is 3.93. The second-order valence-corrected chi connectivity index (χ2v) is 6.37. The molecule has 0 aromatic rings. The number of halogens is 2. The molecule has 0 aromatic heterocycles. The molecule has 5 heteroatoms. The maximum absolute atomic E-state index is 10.7. The minimum Gasteiger partial charge on any atom is -0.479 e. The molecule has 0 amide bonds. The molecule has 3 nitrogen and oxygen atoms in total. The van der Waals surface area contributed by atoms with Gasteiger partial charge in [0, 0.05) is 0 Å². The van der Waals surface area contributed by atoms with Crippen molar-refractivity contribution >= 4 is 29.2 Å². The van der Waals surface area contributed by atoms with E-state index in [1.165, 1.54) is 6.92 Å². The second kappa shape index (κ2) is 4.55. The van der Waals surface area contributed by atoms with Crippen molar-refractivity contribution in [2.45, 2.75) is 43.7 Å². The zero-order valence-electron chi connectivity index (χ0n) is 9.54. The zero-order valence-corrected chi connectivity index (χ0v) is 11.0. The lowest BCUT2D eigenvalue weighted by Gasteiger charge is -2.40. The van der Waals surface area contributed by atoms with E-state index in [0.29, 0.717) is 6.42 Å². The third-order valence-electron chi connectivity index (χ3n) is 2.67. The second-order valence-electron chi connectivity index (χ2n) is 4.82. The highest BCUT2D eigenvalue weighted by molar-refractivity contribution is 6.49. The van der Waals surface area contributed by atoms with Gasteiger partial charge in [0.1, 0.15) is 4.33 Å². The molecular weight excluding hydrogens is 251 g/mol. The third kappa shape index (κ3) is 3.37. The number of carboxylic acids is 1. The van der Waals surface area contributed by atoms with E-state index >= 15 is 0 Å². The molecular formula is C11H16Cl2O3. The number of ether oxygens (including phenoxy) is 1. The smallest absolute Gasteiger partial charge is 0.332 e. The number of aliphatic carboxylic acids is 1. The van der Waals surface area contributed by atoms with E-state index in [1.54, 1.807) is 12.2 Å². The molecule has 1 aliphatic carbocycles. The Morgan fingerprint density at radius 2 is 2.12 bits per heavy atom. The van der Waals surface area contributed by atoms with Crippen LogP contribution in [0.5, 0.6) is 0 Å². The van der Waals surface area contributed by atoms with Gasteiger partial charge in [0.05, 0.1) is 6.10 Å². The van der Waals surface area contributed by atoms with Gasteiger partial charge in [-0.2, -0.15) is 0 Å². The molecule has 16 heavy (non-hydrogen) atoms. The molecule has 0 bridgehead atoms. The maximum atomic E-state index is 10.7. The van der Waals surface area contributed by atoms with Crippen LogP contribution in [0.1, 0.15) is 27.2 Å². The molecule has 1 aliphatic rings. The average Bonchev–Trinajstić information content (AvgIpc) is 2.07. The van der Waals surface area contributed by atoms with Crippen LogP contribution in [0.3, 0.4) is 0 Å². The van der Waals surface area contributed by atoms with Crippen molar-refractivity contribution in [2.75, 3.05) is 0 Å². The summed E-state index contributed by atoms with van der Waals surface area (Å²) in [5.41, 5.74) is -0.290. The average molecular weight is 267 g/mol. The van der Waals surface area contributed by atoms with Crippen molar-refractivity contribution in [3.8, 4) is 0 Å². The highest BCUT2D eigenvalue weighted by atomic mass is 35.5. The molecule has 2 unspecified atom stereocenters. The molecule has 92 valence electrons. The SMILES string of the molecule is CC(OC1C=CC(Cl)(Cl)CC1(C)C)C(=O)O. The van der Waals surface area contributed by atoms with Crippen molar-refractivity contribution < 1.29 is 14.6 Å². The van der Waals surface area contributed by atoms with Crippen LogP contribution in [0.2, 0.25) is 0 Å². The summed E-state index contributed by atoms with van der Waals surface area (Å²) in [6, 6.07) is 0. The first-order chi connectivity index (χ1) is 7.14. The van der Waals surface area contributed by atoms with Crippen LogP contribution >= 0.6 is 23.2 Å². The van der Waals surface area contributed by atoms with Crippen LogP contribution in [0.25, 0.3) is 0 Å². The Bertz CT molecular complexity index is 310. The number of carboxylic acid groups (broad SMARTS) is 1. The molecule has 2 atom stereocenters. The number of alkyl halides is 2. The first-order valence-electron chi connectivity index (χ1n) is 5.09. The highest BCUT2D eigenvalue weighted by Gasteiger charge is 2.41. The van der Waals surface area contributed by atoms with Gasteiger partial charge < -0.3 is 9.84 Å². The molecule has 1 N–H and O–H groups in total. The predicted molar refractivity (Wildman–Crippen MR) is 63.9 cm³/mol. The van der Waals surface area contributed by atoms with Gasteiger partial charge >= 0.3 is 5.97 Å². The fraction of sp³-hybridized carbons (Fsp3) is 0.727. The lowest BCUT2D eigenvalue weighted by molar-refractivity contribution is -0.155. The fourth-order valence-corrected chi connectivity index (χ4v) is 2.60. The van der Waals surface area contributed by atoms with E-state index < -0.39 is 16.4 Å². The molecule has 0 spiro atoms. The number of allylic oxidation sites excluding steroid dienone is 1. The zero-order chi connectivity index (χ0) is 12.6. The maximum Gasteiger partial charge on any atom is 0.332 e. The Morgan fingerprint density at radius 1 is 1.56 bits per heavy atom. The molecule has 0 aliphatic heterocycles. The topological polar surface area (TPSA) is 46.5 Å². The summed E-state index contributed by atoms with van der Waals surface area (Å²) in [6.45, 7) is 5.42. The Hall–Kier alpha value is -0.250. The van der Waals surface area contributed by atoms with Crippen LogP contribution in [0.15, 0.2) is 12.2 Å². The van der Waals surface area contributed by atoms with Crippen molar-refractivity contribution in [2.24, 2.45) is 5.41 Å². The largest absolute Gasteiger partial charge is 0.479 e. The Morgan fingerprint density at radius 3 is 2.56 bits per heavy atom. The Labute approximate surface area is 105 Å². The minimum absolute atomic E-state index is 0.288. The standard InChI is InChI=1S/C11H16Cl2O3/c1-7(9(14)15)16-8-4-5-11(12,13)6-10(8,2)3/h4-5,7-8H,6H2,1-3H3,(H,14,15). The van der Waals surface area contributed by atoms with Crippen LogP contribution in [0, 0.1) is 5.41 Å². The van der Waals surface area contributed by atoms with Crippen LogP contribution in [0.4, 0.5) is 0 Å². The van der Waals surface area contributed by atoms with E-state index in [9.17, 15) is 4.79 Å². The predicted octanol–water partition coefficient (Wildman–Crippen LogP) is 3.00. The summed E-state index contributed by atoms with van der Waals surface area (Å²) in [5, 5.41) is 8.78. The van der Waals surface area contributed by atoms with Crippen LogP contribution in [-0.4, -0.2) is 27.6 Å². The fourth-order valence-electron chi connectivity index (χ4n) is 1.76. The molecule has 0 saturated heterocycles. The first kappa shape index (κ1) is 13.8. The van der Waals surface area contributed by atoms with Crippen molar-refractivity contribution in [3.63, 3.8) is 0 Å². The third-order valence-corrected chi connectivity index (χ3v) is 3.19. The molecule has 0 heterocycles. The van der Waals surface area contributed by atoms with Crippen LogP contribution in [-0.2, 0) is 9.53 Å². The lowest BCUT2D eigenvalue weighted by atomic mass is 9.78. The van der Waals surface area contributed by atoms with Crippen LogP contribution < -0.4 is 0 Å². The van der Waals surface area contributed by atoms with Crippen molar-refractivity contribution in [3.05, 3.63) is 12.2 Å². The molecule has 0 radical (unpaired) electrons. The van der Waals surface area contributed by atoms with Gasteiger partial charge in [-0.3, -0.25) is 0 Å². The summed E-state index contributed by atoms with van der Waals surface area (Å²) < 4.78 is 4.56. The number of rotatable bonds is 3. The number of carbonyl (C=O) groups is 1. The van der Waals surface area contributed by atoms with E-state index in [2.05, 4.69) is 0 Å². The van der Waals surface area contributed by atoms with Gasteiger partial charge in [0.2, 0.25) is 0 Å². The van der Waals surface area contributed by atoms with Gasteiger partial charge in [0.25, 0.3) is 0 Å². The minimum atomic E-state index is -0.974. The van der Waals surface area contributed by atoms with Gasteiger partial charge in [-0.1, -0.05) is 49.2 Å². The van der Waals surface area contributed by atoms with Gasteiger partial charge in [-0.25, -0.2) is 4.79 Å². The van der Waals surface area contributed by atoms with E-state index in [1.807, 2.05) is 13.8 Å². The molecule has 0 aromatic carbocycles. The summed E-state index contributed by atoms with van der Waals surface area (Å²) in [4.78, 5) is 10.7. The summed E-state index contributed by atoms with van der Waals surface area (Å²) >= 11 is 12.1. The van der Waals surface area contributed by atoms with Gasteiger partial charge in [-0.15, -0.1) is 0 Å². The molecule has 0 saturated carbocycles. The van der Waals surface area contributed by atoms with E-state index in [4.69, 9.17) is 33.0 Å². The summed E-state index contributed by atoms with van der Waals surface area (Å²) in [6.07, 6.45) is 2.79. The van der Waals surface area contributed by atoms with Gasteiger partial charge in [0.15, 0.2) is 6.10 Å². The monoisotopic (exact) mass is 266 g/mol. The molecule has 0 fully saturated rings. The van der Waals surface area contributed by atoms with Gasteiger partial charge in [-0.05, 0) is 18.8 Å². The number of hydrogen-bond acceptors (Lipinski definition) is 2.